The Kier molecular flexibility index (Phi) is 9.94. The Bertz CT molecular complexity index is 1150. The number of H-pyrrole nitrogens is 2. The van der Waals surface area contributed by atoms with Crippen LogP contribution in [-0.4, -0.2) is 0 Å². The third kappa shape index (κ3) is 5.86. The summed E-state index contributed by atoms with van der Waals surface area (Å²) in [5, 5.41) is 8.25. The van der Waals surface area contributed by atoms with Gasteiger partial charge in [0.1, 0.15) is 0 Å². The number of fused-ring (bicyclic) bond motifs is 2. The largest absolute Gasteiger partial charge is 4.00 e. The fraction of sp³-hybridized carbons (Fsp3) is 0. The van der Waals surface area contributed by atoms with Crippen LogP contribution in [-0.2, 0) is 25.8 Å². The van der Waals surface area contributed by atoms with Gasteiger partial charge in [-0.1, -0.05) is 22.7 Å². The van der Waals surface area contributed by atoms with Crippen LogP contribution in [0.4, 0.5) is 0 Å². The molecule has 0 aliphatic rings. The zero-order valence-electron chi connectivity index (χ0n) is 16.5. The first-order valence-electron chi connectivity index (χ1n) is 9.27. The van der Waals surface area contributed by atoms with E-state index in [1.165, 1.54) is 32.2 Å². The summed E-state index contributed by atoms with van der Waals surface area (Å²) in [6, 6.07) is 26.2. The second-order valence-electron chi connectivity index (χ2n) is 6.72. The second kappa shape index (κ2) is 12.0. The zero-order valence-corrected chi connectivity index (χ0v) is 23.4. The van der Waals surface area contributed by atoms with Gasteiger partial charge in [-0.3, -0.25) is 0 Å². The molecule has 7 heteroatoms. The Balaban J connectivity index is 0.000000201. The molecule has 0 bridgehead atoms. The monoisotopic (exact) mass is 648 g/mol. The molecular formula is C24H20Cl2HfN2P2+2. The van der Waals surface area contributed by atoms with Gasteiger partial charge < -0.3 is 24.8 Å². The summed E-state index contributed by atoms with van der Waals surface area (Å²) in [5.74, 6) is 8.82. The van der Waals surface area contributed by atoms with Crippen molar-refractivity contribution in [2.24, 2.45) is 0 Å². The minimum atomic E-state index is -0.204. The smallest absolute Gasteiger partial charge is 1.00 e. The quantitative estimate of drug-likeness (QED) is 0.196. The van der Waals surface area contributed by atoms with Crippen molar-refractivity contribution in [3.63, 3.8) is 0 Å². The number of aromatic amines is 2. The molecule has 2 nitrogen and oxygen atoms in total. The maximum absolute atomic E-state index is 3.14. The predicted molar refractivity (Wildman–Crippen MR) is 120 cm³/mol. The van der Waals surface area contributed by atoms with Gasteiger partial charge in [0.05, 0.1) is 0 Å². The van der Waals surface area contributed by atoms with Crippen molar-refractivity contribution in [1.29, 1.82) is 0 Å². The molecule has 6 aromatic rings. The first-order valence-corrected chi connectivity index (χ1v) is 12.2. The zero-order chi connectivity index (χ0) is 18.8. The van der Waals surface area contributed by atoms with Crippen molar-refractivity contribution in [3.8, 4) is 10.6 Å². The van der Waals surface area contributed by atoms with E-state index in [4.69, 9.17) is 0 Å². The van der Waals surface area contributed by atoms with Gasteiger partial charge in [-0.05, 0) is 15.1 Å². The molecule has 2 aromatic heterocycles. The first-order chi connectivity index (χ1) is 13.9. The van der Waals surface area contributed by atoms with Crippen LogP contribution in [0.15, 0.2) is 109 Å². The summed E-state index contributed by atoms with van der Waals surface area (Å²) in [4.78, 5) is 6.28. The molecule has 2 heterocycles. The molecule has 0 amide bonds. The Morgan fingerprint density at radius 1 is 0.613 bits per heavy atom. The molecule has 2 atom stereocenters. The van der Waals surface area contributed by atoms with Gasteiger partial charge in [0.2, 0.25) is 0 Å². The molecule has 0 saturated heterocycles. The number of benzene rings is 2. The molecule has 0 spiro atoms. The van der Waals surface area contributed by atoms with E-state index < -0.39 is 0 Å². The number of aromatic nitrogens is 2. The van der Waals surface area contributed by atoms with Crippen LogP contribution in [0.2, 0.25) is 0 Å². The van der Waals surface area contributed by atoms with Gasteiger partial charge in [0.25, 0.3) is 0 Å². The van der Waals surface area contributed by atoms with Crippen molar-refractivity contribution in [2.75, 3.05) is 0 Å². The average molecular weight is 648 g/mol. The molecule has 0 aliphatic carbocycles. The molecule has 0 saturated carbocycles. The summed E-state index contributed by atoms with van der Waals surface area (Å²) in [6.07, 6.45) is 4.03. The fourth-order valence-electron chi connectivity index (χ4n) is 3.47. The van der Waals surface area contributed by atoms with E-state index in [2.05, 4.69) is 106 Å². The normalized spacial score (nSPS) is 11.0. The maximum Gasteiger partial charge on any atom is 4.00 e. The maximum atomic E-state index is 3.14. The van der Waals surface area contributed by atoms with Crippen molar-refractivity contribution >= 4 is 36.6 Å². The van der Waals surface area contributed by atoms with Gasteiger partial charge in [-0.2, -0.15) is 12.1 Å². The van der Waals surface area contributed by atoms with Gasteiger partial charge in [-0.25, -0.2) is 9.97 Å². The SMILES string of the molecule is [Cl-].[Cl-].[Hf+4].c1ccc2[cH-]c(-p3cc[nH+]c3)cc2c1.c1ccc2[cH-]c(-p3cc[nH+]c3)cc2c1. The molecule has 4 aromatic carbocycles. The van der Waals surface area contributed by atoms with E-state index in [-0.39, 0.29) is 65.7 Å². The molecule has 0 radical (unpaired) electrons. The number of rotatable bonds is 2. The van der Waals surface area contributed by atoms with Gasteiger partial charge in [0.15, 0.2) is 24.3 Å². The molecule has 31 heavy (non-hydrogen) atoms. The molecular weight excluding hydrogens is 628 g/mol. The van der Waals surface area contributed by atoms with Crippen molar-refractivity contribution in [3.05, 3.63) is 109 Å². The Morgan fingerprint density at radius 2 is 1.03 bits per heavy atom. The Hall–Kier alpha value is -1.47. The number of hydrogen-bond donors (Lipinski definition) is 0. The van der Waals surface area contributed by atoms with Crippen molar-refractivity contribution in [2.45, 2.75) is 0 Å². The van der Waals surface area contributed by atoms with Crippen LogP contribution in [0.1, 0.15) is 0 Å². The summed E-state index contributed by atoms with van der Waals surface area (Å²) in [5.41, 5.74) is 0. The van der Waals surface area contributed by atoms with E-state index in [1.807, 2.05) is 12.4 Å². The van der Waals surface area contributed by atoms with E-state index in [1.54, 1.807) is 0 Å². The van der Waals surface area contributed by atoms with Gasteiger partial charge in [-0.15, -0.1) is 70.1 Å². The molecule has 152 valence electrons. The number of hydrogen-bond acceptors (Lipinski definition) is 0. The summed E-state index contributed by atoms with van der Waals surface area (Å²) in [6.45, 7) is 0. The average Bonchev–Trinajstić information content (AvgIpc) is 3.54. The summed E-state index contributed by atoms with van der Waals surface area (Å²) >= 11 is 0. The van der Waals surface area contributed by atoms with Crippen LogP contribution in [0, 0.1) is 0 Å². The van der Waals surface area contributed by atoms with Crippen molar-refractivity contribution in [1.82, 2.24) is 0 Å². The third-order valence-electron chi connectivity index (χ3n) is 4.89. The van der Waals surface area contributed by atoms with E-state index in [0.717, 1.165) is 0 Å². The topological polar surface area (TPSA) is 28.3 Å². The molecule has 6 rings (SSSR count). The van der Waals surface area contributed by atoms with Crippen LogP contribution in [0.3, 0.4) is 0 Å². The minimum Gasteiger partial charge on any atom is -1.00 e. The standard InChI is InChI=1S/2C12H9NP.2ClH.Hf/c2*1-2-4-11-8-12(7-10(11)3-1)14-6-5-13-9-14;;;/h2*1-9H;2*1H;/q2*-1;;;+4. The molecule has 2 unspecified atom stereocenters. The van der Waals surface area contributed by atoms with Crippen LogP contribution in [0.5, 0.6) is 0 Å². The minimum absolute atomic E-state index is 0. The predicted octanol–water partition coefficient (Wildman–Crippen LogP) is 0.703. The fourth-order valence-corrected chi connectivity index (χ4v) is 6.42. The number of nitrogens with one attached hydrogen (secondary N) is 2. The molecule has 0 fully saturated rings. The van der Waals surface area contributed by atoms with E-state index >= 15 is 0 Å². The van der Waals surface area contributed by atoms with Gasteiger partial charge >= 0.3 is 25.8 Å². The van der Waals surface area contributed by atoms with Crippen LogP contribution >= 0.6 is 15.1 Å². The van der Waals surface area contributed by atoms with Crippen molar-refractivity contribution < 1.29 is 60.6 Å². The first kappa shape index (κ1) is 25.8. The van der Waals surface area contributed by atoms with Crippen LogP contribution < -0.4 is 34.8 Å². The Morgan fingerprint density at radius 3 is 1.39 bits per heavy atom. The Labute approximate surface area is 215 Å². The van der Waals surface area contributed by atoms with Crippen LogP contribution in [0.25, 0.3) is 32.2 Å². The van der Waals surface area contributed by atoms with Gasteiger partial charge in [0, 0.05) is 11.6 Å². The second-order valence-corrected chi connectivity index (χ2v) is 10.5. The van der Waals surface area contributed by atoms with E-state index in [9.17, 15) is 0 Å². The molecule has 2 N–H and O–H groups in total. The summed E-state index contributed by atoms with van der Waals surface area (Å²) < 4.78 is 0. The third-order valence-corrected chi connectivity index (χ3v) is 8.40. The van der Waals surface area contributed by atoms with E-state index in [0.29, 0.717) is 0 Å². The summed E-state index contributed by atoms with van der Waals surface area (Å²) in [7, 11) is -0.407. The number of halogens is 2. The molecule has 0 aliphatic heterocycles.